The van der Waals surface area contributed by atoms with E-state index in [-0.39, 0.29) is 19.5 Å². The third-order valence-corrected chi connectivity index (χ3v) is 2.10. The van der Waals surface area contributed by atoms with E-state index in [4.69, 9.17) is 5.11 Å². The lowest BCUT2D eigenvalue weighted by atomic mass is 10.1. The summed E-state index contributed by atoms with van der Waals surface area (Å²) in [6, 6.07) is 0. The molecule has 0 aromatic heterocycles. The Morgan fingerprint density at radius 2 is 2.29 bits per heavy atom. The predicted octanol–water partition coefficient (Wildman–Crippen LogP) is 1.36. The fourth-order valence-corrected chi connectivity index (χ4v) is 1.50. The van der Waals surface area contributed by atoms with Crippen LogP contribution in [-0.4, -0.2) is 41.5 Å². The van der Waals surface area contributed by atoms with Crippen molar-refractivity contribution in [3.05, 3.63) is 12.2 Å². The molecule has 0 aliphatic carbocycles. The van der Waals surface area contributed by atoms with Crippen LogP contribution in [0.1, 0.15) is 12.8 Å². The Kier molecular flexibility index (Phi) is 3.57. The van der Waals surface area contributed by atoms with Gasteiger partial charge >= 0.3 is 5.97 Å². The van der Waals surface area contributed by atoms with Gasteiger partial charge in [-0.1, -0.05) is 6.08 Å². The highest BCUT2D eigenvalue weighted by Gasteiger charge is 2.34. The van der Waals surface area contributed by atoms with Crippen molar-refractivity contribution in [1.82, 2.24) is 4.90 Å². The number of carbonyl (C=O) groups is 1. The Hall–Kier alpha value is -0.970. The molecule has 1 aliphatic heterocycles. The molecule has 0 unspecified atom stereocenters. The number of halogens is 2. The summed E-state index contributed by atoms with van der Waals surface area (Å²) in [5.41, 5.74) is 0. The third-order valence-electron chi connectivity index (χ3n) is 2.10. The smallest absolute Gasteiger partial charge is 0.328 e. The zero-order valence-electron chi connectivity index (χ0n) is 7.75. The number of alkyl halides is 2. The van der Waals surface area contributed by atoms with E-state index >= 15 is 0 Å². The summed E-state index contributed by atoms with van der Waals surface area (Å²) in [5.74, 6) is -3.66. The quantitative estimate of drug-likeness (QED) is 0.707. The van der Waals surface area contributed by atoms with Gasteiger partial charge in [0.2, 0.25) is 0 Å². The molecule has 1 aliphatic rings. The molecule has 80 valence electrons. The monoisotopic (exact) mass is 205 g/mol. The van der Waals surface area contributed by atoms with E-state index in [1.165, 1.54) is 6.08 Å². The molecule has 0 aromatic rings. The summed E-state index contributed by atoms with van der Waals surface area (Å²) >= 11 is 0. The highest BCUT2D eigenvalue weighted by Crippen LogP contribution is 2.26. The van der Waals surface area contributed by atoms with Crippen LogP contribution in [0.5, 0.6) is 0 Å². The van der Waals surface area contributed by atoms with Gasteiger partial charge in [-0.05, 0) is 13.0 Å². The molecule has 1 heterocycles. The van der Waals surface area contributed by atoms with E-state index < -0.39 is 11.9 Å². The number of likely N-dealkylation sites (tertiary alicyclic amines) is 1. The van der Waals surface area contributed by atoms with Crippen LogP contribution in [0.3, 0.4) is 0 Å². The molecule has 1 saturated heterocycles. The molecular weight excluding hydrogens is 192 g/mol. The first kappa shape index (κ1) is 11.1. The summed E-state index contributed by atoms with van der Waals surface area (Å²) in [5, 5.41) is 8.29. The van der Waals surface area contributed by atoms with E-state index in [1.54, 1.807) is 4.90 Å². The number of carboxylic acids is 1. The molecule has 5 heteroatoms. The third kappa shape index (κ3) is 3.83. The Morgan fingerprint density at radius 3 is 2.86 bits per heavy atom. The van der Waals surface area contributed by atoms with Crippen molar-refractivity contribution >= 4 is 5.97 Å². The van der Waals surface area contributed by atoms with Crippen molar-refractivity contribution in [2.24, 2.45) is 0 Å². The maximum absolute atomic E-state index is 12.9. The van der Waals surface area contributed by atoms with E-state index in [0.29, 0.717) is 13.0 Å². The van der Waals surface area contributed by atoms with Gasteiger partial charge < -0.3 is 5.11 Å². The van der Waals surface area contributed by atoms with Gasteiger partial charge in [0.15, 0.2) is 0 Å². The summed E-state index contributed by atoms with van der Waals surface area (Å²) in [7, 11) is 0. The van der Waals surface area contributed by atoms with Crippen LogP contribution in [0.4, 0.5) is 8.78 Å². The van der Waals surface area contributed by atoms with Crippen LogP contribution in [0.2, 0.25) is 0 Å². The molecule has 0 bridgehead atoms. The molecule has 0 radical (unpaired) electrons. The Labute approximate surface area is 81.0 Å². The first-order valence-electron chi connectivity index (χ1n) is 4.49. The lowest BCUT2D eigenvalue weighted by molar-refractivity contribution is -0.131. The average molecular weight is 205 g/mol. The Morgan fingerprint density at radius 1 is 1.57 bits per heavy atom. The fourth-order valence-electron chi connectivity index (χ4n) is 1.50. The van der Waals surface area contributed by atoms with Crippen molar-refractivity contribution < 1.29 is 18.7 Å². The lowest BCUT2D eigenvalue weighted by Gasteiger charge is -2.31. The summed E-state index contributed by atoms with van der Waals surface area (Å²) in [6.45, 7) is 0.623. The molecule has 1 fully saturated rings. The SMILES string of the molecule is O=C(O)/C=C/CN1CCCC(F)(F)C1. The van der Waals surface area contributed by atoms with Gasteiger partial charge in [0.1, 0.15) is 0 Å². The minimum atomic E-state index is -2.62. The normalized spacial score (nSPS) is 22.7. The fraction of sp³-hybridized carbons (Fsp3) is 0.667. The number of aliphatic carboxylic acids is 1. The standard InChI is InChI=1S/C9H13F2NO2/c10-9(11)4-2-6-12(7-9)5-1-3-8(13)14/h1,3H,2,4-7H2,(H,13,14)/b3-1+. The number of hydrogen-bond acceptors (Lipinski definition) is 2. The molecule has 14 heavy (non-hydrogen) atoms. The van der Waals surface area contributed by atoms with Gasteiger partial charge in [0.05, 0.1) is 6.54 Å². The van der Waals surface area contributed by atoms with Crippen molar-refractivity contribution in [3.63, 3.8) is 0 Å². The molecule has 0 spiro atoms. The Balaban J connectivity index is 2.35. The number of carboxylic acid groups (broad SMARTS) is 1. The van der Waals surface area contributed by atoms with E-state index in [2.05, 4.69) is 0 Å². The second-order valence-electron chi connectivity index (χ2n) is 3.44. The molecule has 3 nitrogen and oxygen atoms in total. The van der Waals surface area contributed by atoms with Crippen LogP contribution in [0.25, 0.3) is 0 Å². The molecule has 0 atom stereocenters. The minimum Gasteiger partial charge on any atom is -0.478 e. The lowest BCUT2D eigenvalue weighted by Crippen LogP contribution is -2.42. The van der Waals surface area contributed by atoms with E-state index in [9.17, 15) is 13.6 Å². The van der Waals surface area contributed by atoms with Crippen molar-refractivity contribution in [2.45, 2.75) is 18.8 Å². The maximum atomic E-state index is 12.9. The van der Waals surface area contributed by atoms with Crippen LogP contribution >= 0.6 is 0 Å². The summed E-state index contributed by atoms with van der Waals surface area (Å²) in [4.78, 5) is 11.7. The molecule has 1 rings (SSSR count). The molecule has 0 saturated carbocycles. The van der Waals surface area contributed by atoms with Gasteiger partial charge in [-0.3, -0.25) is 4.90 Å². The average Bonchev–Trinajstić information content (AvgIpc) is 2.01. The van der Waals surface area contributed by atoms with Crippen LogP contribution in [0, 0.1) is 0 Å². The predicted molar refractivity (Wildman–Crippen MR) is 47.4 cm³/mol. The number of rotatable bonds is 3. The number of nitrogens with zero attached hydrogens (tertiary/aromatic N) is 1. The highest BCUT2D eigenvalue weighted by atomic mass is 19.3. The van der Waals surface area contributed by atoms with Gasteiger partial charge in [0.25, 0.3) is 5.92 Å². The van der Waals surface area contributed by atoms with E-state index in [1.807, 2.05) is 0 Å². The second-order valence-corrected chi connectivity index (χ2v) is 3.44. The molecule has 0 amide bonds. The van der Waals surface area contributed by atoms with Crippen LogP contribution < -0.4 is 0 Å². The van der Waals surface area contributed by atoms with Crippen molar-refractivity contribution in [3.8, 4) is 0 Å². The zero-order valence-corrected chi connectivity index (χ0v) is 7.75. The molecule has 1 N–H and O–H groups in total. The molecule has 0 aromatic carbocycles. The van der Waals surface area contributed by atoms with Crippen molar-refractivity contribution in [1.29, 1.82) is 0 Å². The Bertz CT molecular complexity index is 241. The van der Waals surface area contributed by atoms with E-state index in [0.717, 1.165) is 6.08 Å². The zero-order chi connectivity index (χ0) is 10.6. The number of piperidine rings is 1. The summed E-state index contributed by atoms with van der Waals surface area (Å²) in [6.07, 6.45) is 2.77. The van der Waals surface area contributed by atoms with Gasteiger partial charge in [-0.15, -0.1) is 0 Å². The van der Waals surface area contributed by atoms with Crippen LogP contribution in [-0.2, 0) is 4.79 Å². The number of hydrogen-bond donors (Lipinski definition) is 1. The first-order valence-corrected chi connectivity index (χ1v) is 4.49. The molecular formula is C9H13F2NO2. The maximum Gasteiger partial charge on any atom is 0.328 e. The highest BCUT2D eigenvalue weighted by molar-refractivity contribution is 5.79. The minimum absolute atomic E-state index is 0.0633. The van der Waals surface area contributed by atoms with Gasteiger partial charge in [-0.25, -0.2) is 13.6 Å². The summed E-state index contributed by atoms with van der Waals surface area (Å²) < 4.78 is 25.7. The largest absolute Gasteiger partial charge is 0.478 e. The topological polar surface area (TPSA) is 40.5 Å². The van der Waals surface area contributed by atoms with Gasteiger partial charge in [0, 0.05) is 19.0 Å². The van der Waals surface area contributed by atoms with Crippen molar-refractivity contribution in [2.75, 3.05) is 19.6 Å². The van der Waals surface area contributed by atoms with Gasteiger partial charge in [-0.2, -0.15) is 0 Å². The first-order chi connectivity index (χ1) is 6.49. The van der Waals surface area contributed by atoms with Crippen LogP contribution in [0.15, 0.2) is 12.2 Å². The second kappa shape index (κ2) is 4.50.